The molecule has 1 aliphatic rings. The molecule has 2 aromatic rings. The fourth-order valence-corrected chi connectivity index (χ4v) is 2.50. The quantitative estimate of drug-likeness (QED) is 0.896. The van der Waals surface area contributed by atoms with Crippen molar-refractivity contribution in [2.75, 3.05) is 6.26 Å². The fourth-order valence-electron chi connectivity index (χ4n) is 1.94. The number of furan rings is 1. The van der Waals surface area contributed by atoms with Gasteiger partial charge in [0.2, 0.25) is 14.9 Å². The molecular weight excluding hydrogens is 270 g/mol. The number of sulfone groups is 1. The number of hydrogen-bond donors (Lipinski definition) is 1. The minimum absolute atomic E-state index is 0.131. The Morgan fingerprint density at radius 1 is 1.37 bits per heavy atom. The Balaban J connectivity index is 1.93. The molecule has 0 atom stereocenters. The summed E-state index contributed by atoms with van der Waals surface area (Å²) >= 11 is 0. The first kappa shape index (κ1) is 12.4. The minimum Gasteiger partial charge on any atom is -0.440 e. The van der Waals surface area contributed by atoms with Crippen molar-refractivity contribution in [3.05, 3.63) is 18.0 Å². The molecule has 0 spiro atoms. The predicted octanol–water partition coefficient (Wildman–Crippen LogP) is 1.07. The number of rotatable bonds is 3. The van der Waals surface area contributed by atoms with Crippen molar-refractivity contribution >= 4 is 9.84 Å². The highest BCUT2D eigenvalue weighted by Gasteiger charge is 2.39. The van der Waals surface area contributed by atoms with Gasteiger partial charge in [0.15, 0.2) is 11.6 Å². The van der Waals surface area contributed by atoms with Gasteiger partial charge in [-0.2, -0.15) is 4.98 Å². The third-order valence-electron chi connectivity index (χ3n) is 3.27. The number of hydrogen-bond acceptors (Lipinski definition) is 7. The predicted molar refractivity (Wildman–Crippen MR) is 64.8 cm³/mol. The average Bonchev–Trinajstić information content (AvgIpc) is 2.93. The Labute approximate surface area is 109 Å². The van der Waals surface area contributed by atoms with Crippen LogP contribution in [0.3, 0.4) is 0 Å². The van der Waals surface area contributed by atoms with Crippen LogP contribution in [0.4, 0.5) is 0 Å². The lowest BCUT2D eigenvalue weighted by Gasteiger charge is -2.34. The van der Waals surface area contributed by atoms with Gasteiger partial charge in [0, 0.05) is 6.26 Å². The number of nitrogens with zero attached hydrogens (tertiary/aromatic N) is 2. The molecule has 7 nitrogen and oxygen atoms in total. The molecule has 0 saturated heterocycles. The maximum atomic E-state index is 11.3. The fraction of sp³-hybridized carbons (Fsp3) is 0.455. The van der Waals surface area contributed by atoms with E-state index in [1.54, 1.807) is 0 Å². The van der Waals surface area contributed by atoms with Gasteiger partial charge >= 0.3 is 0 Å². The van der Waals surface area contributed by atoms with E-state index in [-0.39, 0.29) is 16.7 Å². The average molecular weight is 283 g/mol. The van der Waals surface area contributed by atoms with Crippen molar-refractivity contribution < 1.29 is 17.4 Å². The van der Waals surface area contributed by atoms with Crippen LogP contribution in [0.5, 0.6) is 0 Å². The molecule has 2 N–H and O–H groups in total. The summed E-state index contributed by atoms with van der Waals surface area (Å²) in [7, 11) is -3.39. The molecule has 0 unspecified atom stereocenters. The van der Waals surface area contributed by atoms with Crippen molar-refractivity contribution in [2.45, 2.75) is 29.9 Å². The van der Waals surface area contributed by atoms with Crippen LogP contribution in [0.15, 0.2) is 26.2 Å². The van der Waals surface area contributed by atoms with E-state index in [4.69, 9.17) is 14.7 Å². The molecule has 8 heteroatoms. The maximum Gasteiger partial charge on any atom is 0.293 e. The van der Waals surface area contributed by atoms with Crippen LogP contribution in [0, 0.1) is 0 Å². The third kappa shape index (κ3) is 2.06. The van der Waals surface area contributed by atoms with Crippen molar-refractivity contribution in [3.63, 3.8) is 0 Å². The van der Waals surface area contributed by atoms with Crippen molar-refractivity contribution in [2.24, 2.45) is 5.73 Å². The third-order valence-corrected chi connectivity index (χ3v) is 4.23. The Kier molecular flexibility index (Phi) is 2.55. The zero-order valence-corrected chi connectivity index (χ0v) is 11.1. The summed E-state index contributed by atoms with van der Waals surface area (Å²) in [5.74, 6) is 0.801. The van der Waals surface area contributed by atoms with Crippen molar-refractivity contribution in [3.8, 4) is 11.7 Å². The van der Waals surface area contributed by atoms with Gasteiger partial charge < -0.3 is 14.7 Å². The van der Waals surface area contributed by atoms with E-state index >= 15 is 0 Å². The SMILES string of the molecule is CS(=O)(=O)c1ccc(-c2nc(C3(N)CCC3)no2)o1. The number of nitrogens with two attached hydrogens (primary N) is 1. The maximum absolute atomic E-state index is 11.3. The van der Waals surface area contributed by atoms with Gasteiger partial charge in [0.1, 0.15) is 0 Å². The lowest BCUT2D eigenvalue weighted by molar-refractivity contribution is 0.229. The summed E-state index contributed by atoms with van der Waals surface area (Å²) in [5.41, 5.74) is 5.56. The van der Waals surface area contributed by atoms with E-state index in [1.807, 2.05) is 0 Å². The smallest absolute Gasteiger partial charge is 0.293 e. The van der Waals surface area contributed by atoms with E-state index in [0.29, 0.717) is 5.82 Å². The van der Waals surface area contributed by atoms with Crippen LogP contribution < -0.4 is 5.73 Å². The standard InChI is InChI=1S/C11H13N3O4S/c1-19(15,16)8-4-3-7(17-8)9-13-10(14-18-9)11(12)5-2-6-11/h3-4H,2,5-6,12H2,1H3. The van der Waals surface area contributed by atoms with Crippen molar-refractivity contribution in [1.82, 2.24) is 10.1 Å². The van der Waals surface area contributed by atoms with Crippen LogP contribution in [0.2, 0.25) is 0 Å². The van der Waals surface area contributed by atoms with E-state index in [1.165, 1.54) is 12.1 Å². The normalized spacial score (nSPS) is 18.2. The second-order valence-electron chi connectivity index (χ2n) is 4.82. The first-order chi connectivity index (χ1) is 8.88. The zero-order valence-electron chi connectivity index (χ0n) is 10.3. The van der Waals surface area contributed by atoms with Crippen LogP contribution in [0.1, 0.15) is 25.1 Å². The first-order valence-electron chi connectivity index (χ1n) is 5.82. The largest absolute Gasteiger partial charge is 0.440 e. The van der Waals surface area contributed by atoms with Crippen LogP contribution in [0.25, 0.3) is 11.7 Å². The second kappa shape index (κ2) is 3.91. The molecule has 0 radical (unpaired) electrons. The summed E-state index contributed by atoms with van der Waals surface area (Å²) in [4.78, 5) is 4.18. The summed E-state index contributed by atoms with van der Waals surface area (Å²) in [6.45, 7) is 0. The lowest BCUT2D eigenvalue weighted by atomic mass is 9.77. The highest BCUT2D eigenvalue weighted by Crippen LogP contribution is 2.37. The van der Waals surface area contributed by atoms with Crippen LogP contribution in [-0.2, 0) is 15.4 Å². The zero-order chi connectivity index (χ0) is 13.7. The van der Waals surface area contributed by atoms with Gasteiger partial charge in [-0.25, -0.2) is 8.42 Å². The highest BCUT2D eigenvalue weighted by molar-refractivity contribution is 7.90. The number of aromatic nitrogens is 2. The Morgan fingerprint density at radius 3 is 2.63 bits per heavy atom. The molecule has 2 aromatic heterocycles. The van der Waals surface area contributed by atoms with E-state index in [9.17, 15) is 8.42 Å². The van der Waals surface area contributed by atoms with E-state index < -0.39 is 15.4 Å². The monoisotopic (exact) mass is 283 g/mol. The molecule has 1 saturated carbocycles. The summed E-state index contributed by atoms with van der Waals surface area (Å²) in [6.07, 6.45) is 3.74. The summed E-state index contributed by atoms with van der Waals surface area (Å²) in [5, 5.41) is 3.71. The molecule has 102 valence electrons. The van der Waals surface area contributed by atoms with Gasteiger partial charge in [0.05, 0.1) is 5.54 Å². The molecule has 0 aromatic carbocycles. The topological polar surface area (TPSA) is 112 Å². The van der Waals surface area contributed by atoms with Crippen LogP contribution in [-0.4, -0.2) is 24.8 Å². The van der Waals surface area contributed by atoms with Gasteiger partial charge in [-0.1, -0.05) is 5.16 Å². The molecule has 0 bridgehead atoms. The molecule has 3 rings (SSSR count). The lowest BCUT2D eigenvalue weighted by Crippen LogP contribution is -2.44. The Morgan fingerprint density at radius 2 is 2.11 bits per heavy atom. The first-order valence-corrected chi connectivity index (χ1v) is 7.71. The second-order valence-corrected chi connectivity index (χ2v) is 6.77. The van der Waals surface area contributed by atoms with Crippen molar-refractivity contribution in [1.29, 1.82) is 0 Å². The van der Waals surface area contributed by atoms with Gasteiger partial charge in [-0.15, -0.1) is 0 Å². The molecule has 2 heterocycles. The molecule has 0 amide bonds. The molecule has 0 aliphatic heterocycles. The van der Waals surface area contributed by atoms with Gasteiger partial charge in [-0.3, -0.25) is 0 Å². The van der Waals surface area contributed by atoms with Gasteiger partial charge in [0.25, 0.3) is 5.89 Å². The molecule has 19 heavy (non-hydrogen) atoms. The highest BCUT2D eigenvalue weighted by atomic mass is 32.2. The van der Waals surface area contributed by atoms with Crippen LogP contribution >= 0.6 is 0 Å². The summed E-state index contributed by atoms with van der Waals surface area (Å²) in [6, 6.07) is 2.84. The molecule has 1 fully saturated rings. The minimum atomic E-state index is -3.39. The molecule has 1 aliphatic carbocycles. The van der Waals surface area contributed by atoms with Gasteiger partial charge in [-0.05, 0) is 31.4 Å². The van der Waals surface area contributed by atoms with E-state index in [2.05, 4.69) is 10.1 Å². The Hall–Kier alpha value is -1.67. The molecular formula is C11H13N3O4S. The Bertz CT molecular complexity index is 712. The van der Waals surface area contributed by atoms with E-state index in [0.717, 1.165) is 25.5 Å². The summed E-state index contributed by atoms with van der Waals surface area (Å²) < 4.78 is 32.9.